The average Bonchev–Trinajstić information content (AvgIpc) is 2.17. The molecule has 15 heavy (non-hydrogen) atoms. The summed E-state index contributed by atoms with van der Waals surface area (Å²) in [6.45, 7) is 4.18. The second-order valence-electron chi connectivity index (χ2n) is 4.48. The van der Waals surface area contributed by atoms with Gasteiger partial charge in [0.05, 0.1) is 11.4 Å². The number of pyridine rings is 1. The smallest absolute Gasteiger partial charge is 0.126 e. The zero-order valence-electron chi connectivity index (χ0n) is 9.51. The van der Waals surface area contributed by atoms with E-state index in [4.69, 9.17) is 5.73 Å². The molecule has 0 spiro atoms. The number of nitrogens with two attached hydrogens (primary N) is 1. The number of nitrogens with zero attached hydrogens (tertiary/aromatic N) is 1. The maximum atomic E-state index is 5.74. The molecule has 3 N–H and O–H groups in total. The van der Waals surface area contributed by atoms with E-state index in [9.17, 15) is 0 Å². The summed E-state index contributed by atoms with van der Waals surface area (Å²) in [6, 6.07) is 3.89. The number of hydrogen-bond donors (Lipinski definition) is 2. The highest BCUT2D eigenvalue weighted by Crippen LogP contribution is 2.37. The molecule has 0 atom stereocenters. The van der Waals surface area contributed by atoms with Crippen LogP contribution in [0.4, 0.5) is 11.5 Å². The van der Waals surface area contributed by atoms with Crippen LogP contribution in [0.25, 0.3) is 0 Å². The molecule has 3 nitrogen and oxygen atoms in total. The van der Waals surface area contributed by atoms with Crippen LogP contribution in [-0.4, -0.2) is 10.5 Å². The van der Waals surface area contributed by atoms with Gasteiger partial charge < -0.3 is 11.1 Å². The van der Waals surface area contributed by atoms with Crippen molar-refractivity contribution in [2.24, 2.45) is 0 Å². The normalized spacial score (nSPS) is 18.3. The molecule has 1 fully saturated rings. The van der Waals surface area contributed by atoms with Gasteiger partial charge in [-0.25, -0.2) is 4.98 Å². The lowest BCUT2D eigenvalue weighted by molar-refractivity contribution is 0.269. The molecule has 82 valence electrons. The van der Waals surface area contributed by atoms with Crippen molar-refractivity contribution in [2.75, 3.05) is 11.1 Å². The number of nitrogens with one attached hydrogen (secondary N) is 1. The molecule has 0 bridgehead atoms. The number of nitrogen functional groups attached to an aromatic ring is 1. The SMILES string of the molecule is CCC1(Nc2ccc(N)c(C)n2)CCC1. The van der Waals surface area contributed by atoms with E-state index in [0.29, 0.717) is 5.54 Å². The van der Waals surface area contributed by atoms with E-state index < -0.39 is 0 Å². The van der Waals surface area contributed by atoms with Crippen molar-refractivity contribution < 1.29 is 0 Å². The van der Waals surface area contributed by atoms with Crippen molar-refractivity contribution in [1.29, 1.82) is 0 Å². The molecule has 0 aliphatic heterocycles. The van der Waals surface area contributed by atoms with E-state index >= 15 is 0 Å². The summed E-state index contributed by atoms with van der Waals surface area (Å²) in [7, 11) is 0. The van der Waals surface area contributed by atoms with E-state index in [0.717, 1.165) is 23.6 Å². The minimum atomic E-state index is 0.301. The van der Waals surface area contributed by atoms with Crippen molar-refractivity contribution in [2.45, 2.75) is 45.1 Å². The Morgan fingerprint density at radius 1 is 1.47 bits per heavy atom. The first-order chi connectivity index (χ1) is 7.15. The van der Waals surface area contributed by atoms with Gasteiger partial charge in [0.2, 0.25) is 0 Å². The molecule has 1 aromatic rings. The maximum absolute atomic E-state index is 5.74. The van der Waals surface area contributed by atoms with Crippen LogP contribution < -0.4 is 11.1 Å². The highest BCUT2D eigenvalue weighted by Gasteiger charge is 2.35. The molecule has 2 rings (SSSR count). The second kappa shape index (κ2) is 3.72. The van der Waals surface area contributed by atoms with Crippen LogP contribution in [0.15, 0.2) is 12.1 Å². The summed E-state index contributed by atoms with van der Waals surface area (Å²) in [5.74, 6) is 0.961. The molecule has 0 unspecified atom stereocenters. The van der Waals surface area contributed by atoms with Crippen LogP contribution in [0.3, 0.4) is 0 Å². The summed E-state index contributed by atoms with van der Waals surface area (Å²) >= 11 is 0. The van der Waals surface area contributed by atoms with E-state index in [-0.39, 0.29) is 0 Å². The molecule has 0 aromatic carbocycles. The summed E-state index contributed by atoms with van der Waals surface area (Å²) in [6.07, 6.45) is 5.01. The zero-order chi connectivity index (χ0) is 10.9. The Morgan fingerprint density at radius 2 is 2.20 bits per heavy atom. The molecule has 0 radical (unpaired) electrons. The monoisotopic (exact) mass is 205 g/mol. The van der Waals surface area contributed by atoms with Gasteiger partial charge in [0, 0.05) is 5.54 Å². The fourth-order valence-corrected chi connectivity index (χ4v) is 2.08. The molecular formula is C12H19N3. The maximum Gasteiger partial charge on any atom is 0.126 e. The third kappa shape index (κ3) is 1.91. The van der Waals surface area contributed by atoms with Gasteiger partial charge in [-0.3, -0.25) is 0 Å². The van der Waals surface area contributed by atoms with Crippen molar-refractivity contribution in [1.82, 2.24) is 4.98 Å². The third-order valence-corrected chi connectivity index (χ3v) is 3.51. The average molecular weight is 205 g/mol. The van der Waals surface area contributed by atoms with Gasteiger partial charge in [-0.1, -0.05) is 6.92 Å². The van der Waals surface area contributed by atoms with Crippen LogP contribution >= 0.6 is 0 Å². The molecule has 1 aliphatic carbocycles. The van der Waals surface area contributed by atoms with Gasteiger partial charge >= 0.3 is 0 Å². The number of rotatable bonds is 3. The third-order valence-electron chi connectivity index (χ3n) is 3.51. The first kappa shape index (κ1) is 10.3. The lowest BCUT2D eigenvalue weighted by atomic mass is 9.75. The number of anilines is 2. The fraction of sp³-hybridized carbons (Fsp3) is 0.583. The Hall–Kier alpha value is -1.25. The van der Waals surface area contributed by atoms with Crippen LogP contribution in [-0.2, 0) is 0 Å². The Kier molecular flexibility index (Phi) is 2.55. The molecule has 1 heterocycles. The Morgan fingerprint density at radius 3 is 2.67 bits per heavy atom. The number of hydrogen-bond acceptors (Lipinski definition) is 3. The Balaban J connectivity index is 2.13. The van der Waals surface area contributed by atoms with Crippen molar-refractivity contribution in [3.05, 3.63) is 17.8 Å². The van der Waals surface area contributed by atoms with Crippen molar-refractivity contribution in [3.63, 3.8) is 0 Å². The van der Waals surface area contributed by atoms with E-state index in [1.165, 1.54) is 19.3 Å². The second-order valence-corrected chi connectivity index (χ2v) is 4.48. The Bertz CT molecular complexity index is 350. The Labute approximate surface area is 91.1 Å². The standard InChI is InChI=1S/C12H19N3/c1-3-12(7-4-8-12)15-11-6-5-10(13)9(2)14-11/h5-6H,3-4,7-8,13H2,1-2H3,(H,14,15). The molecule has 1 aromatic heterocycles. The fourth-order valence-electron chi connectivity index (χ4n) is 2.08. The first-order valence-electron chi connectivity index (χ1n) is 5.66. The van der Waals surface area contributed by atoms with Crippen LogP contribution in [0.5, 0.6) is 0 Å². The van der Waals surface area contributed by atoms with Crippen LogP contribution in [0.1, 0.15) is 38.3 Å². The largest absolute Gasteiger partial charge is 0.397 e. The van der Waals surface area contributed by atoms with Crippen molar-refractivity contribution >= 4 is 11.5 Å². The number of aromatic nitrogens is 1. The van der Waals surface area contributed by atoms with E-state index in [1.54, 1.807) is 0 Å². The van der Waals surface area contributed by atoms with Gasteiger partial charge in [-0.2, -0.15) is 0 Å². The highest BCUT2D eigenvalue weighted by molar-refractivity contribution is 5.50. The predicted octanol–water partition coefficient (Wildman–Crippen LogP) is 2.72. The quantitative estimate of drug-likeness (QED) is 0.797. The predicted molar refractivity (Wildman–Crippen MR) is 63.9 cm³/mol. The van der Waals surface area contributed by atoms with E-state index in [1.807, 2.05) is 19.1 Å². The van der Waals surface area contributed by atoms with Gasteiger partial charge in [0.25, 0.3) is 0 Å². The minimum Gasteiger partial charge on any atom is -0.397 e. The molecule has 0 saturated heterocycles. The first-order valence-corrected chi connectivity index (χ1v) is 5.66. The molecule has 0 amide bonds. The van der Waals surface area contributed by atoms with Gasteiger partial charge in [0.1, 0.15) is 5.82 Å². The van der Waals surface area contributed by atoms with Crippen LogP contribution in [0, 0.1) is 6.92 Å². The van der Waals surface area contributed by atoms with Gasteiger partial charge in [-0.05, 0) is 44.7 Å². The molecule has 3 heteroatoms. The zero-order valence-corrected chi connectivity index (χ0v) is 9.51. The number of aryl methyl sites for hydroxylation is 1. The van der Waals surface area contributed by atoms with E-state index in [2.05, 4.69) is 17.2 Å². The molecular weight excluding hydrogens is 186 g/mol. The summed E-state index contributed by atoms with van der Waals surface area (Å²) in [5.41, 5.74) is 7.71. The van der Waals surface area contributed by atoms with Gasteiger partial charge in [0.15, 0.2) is 0 Å². The van der Waals surface area contributed by atoms with Gasteiger partial charge in [-0.15, -0.1) is 0 Å². The summed E-state index contributed by atoms with van der Waals surface area (Å²) in [5, 5.41) is 3.54. The summed E-state index contributed by atoms with van der Waals surface area (Å²) < 4.78 is 0. The molecule has 1 aliphatic rings. The lowest BCUT2D eigenvalue weighted by Gasteiger charge is -2.42. The minimum absolute atomic E-state index is 0.301. The van der Waals surface area contributed by atoms with Crippen molar-refractivity contribution in [3.8, 4) is 0 Å². The molecule has 1 saturated carbocycles. The summed E-state index contributed by atoms with van der Waals surface area (Å²) in [4.78, 5) is 4.45. The highest BCUT2D eigenvalue weighted by atomic mass is 15.1. The lowest BCUT2D eigenvalue weighted by Crippen LogP contribution is -2.44. The van der Waals surface area contributed by atoms with Crippen LogP contribution in [0.2, 0.25) is 0 Å². The topological polar surface area (TPSA) is 50.9 Å².